The van der Waals surface area contributed by atoms with Crippen molar-refractivity contribution in [1.29, 1.82) is 0 Å². The van der Waals surface area contributed by atoms with Gasteiger partial charge in [-0.2, -0.15) is 0 Å². The van der Waals surface area contributed by atoms with Crippen molar-refractivity contribution < 1.29 is 4.74 Å². The molecule has 100 valence electrons. The smallest absolute Gasteiger partial charge is 0.123 e. The summed E-state index contributed by atoms with van der Waals surface area (Å²) >= 11 is 0. The van der Waals surface area contributed by atoms with E-state index in [1.165, 1.54) is 24.0 Å². The molecule has 0 unspecified atom stereocenters. The average molecular weight is 247 g/mol. The molecule has 1 N–H and O–H groups in total. The van der Waals surface area contributed by atoms with Crippen molar-refractivity contribution in [1.82, 2.24) is 5.32 Å². The lowest BCUT2D eigenvalue weighted by Crippen LogP contribution is -2.33. The molecular weight excluding hydrogens is 222 g/mol. The van der Waals surface area contributed by atoms with Gasteiger partial charge in [-0.15, -0.1) is 0 Å². The molecule has 1 saturated heterocycles. The zero-order valence-electron chi connectivity index (χ0n) is 11.8. The maximum Gasteiger partial charge on any atom is 0.123 e. The fraction of sp³-hybridized carbons (Fsp3) is 0.625. The van der Waals surface area contributed by atoms with E-state index < -0.39 is 0 Å². The second-order valence-corrected chi connectivity index (χ2v) is 5.72. The minimum atomic E-state index is 0.519. The lowest BCUT2D eigenvalue weighted by atomic mass is 9.99. The summed E-state index contributed by atoms with van der Waals surface area (Å²) in [5.41, 5.74) is 2.60. The van der Waals surface area contributed by atoms with Gasteiger partial charge in [0.05, 0.1) is 6.61 Å². The van der Waals surface area contributed by atoms with Gasteiger partial charge >= 0.3 is 0 Å². The number of benzene rings is 1. The molecule has 1 fully saturated rings. The molecule has 1 heterocycles. The maximum absolute atomic E-state index is 6.08. The number of aryl methyl sites for hydroxylation is 1. The Kier molecular flexibility index (Phi) is 4.65. The number of ether oxygens (including phenoxy) is 1. The first kappa shape index (κ1) is 13.4. The first-order valence-corrected chi connectivity index (χ1v) is 7.11. The average Bonchev–Trinajstić information content (AvgIpc) is 2.37. The Bertz CT molecular complexity index is 381. The number of rotatable bonds is 4. The highest BCUT2D eigenvalue weighted by molar-refractivity contribution is 5.39. The third kappa shape index (κ3) is 3.49. The molecule has 0 aromatic heterocycles. The molecule has 1 aromatic carbocycles. The molecule has 1 aliphatic rings. The zero-order chi connectivity index (χ0) is 13.0. The molecular formula is C16H25NO. The summed E-state index contributed by atoms with van der Waals surface area (Å²) in [4.78, 5) is 0. The minimum Gasteiger partial charge on any atom is -0.493 e. The Morgan fingerprint density at radius 2 is 2.22 bits per heavy atom. The summed E-state index contributed by atoms with van der Waals surface area (Å²) in [7, 11) is 0. The molecule has 0 spiro atoms. The molecule has 0 saturated carbocycles. The van der Waals surface area contributed by atoms with Gasteiger partial charge in [0.1, 0.15) is 5.75 Å². The van der Waals surface area contributed by atoms with Gasteiger partial charge in [-0.3, -0.25) is 0 Å². The van der Waals surface area contributed by atoms with E-state index in [1.54, 1.807) is 0 Å². The summed E-state index contributed by atoms with van der Waals surface area (Å²) in [5, 5.41) is 3.44. The molecule has 2 nitrogen and oxygen atoms in total. The van der Waals surface area contributed by atoms with E-state index in [2.05, 4.69) is 44.3 Å². The SMILES string of the molecule is Cc1ccc(C(C)C)c(OC[C@H]2CCCNC2)c1. The van der Waals surface area contributed by atoms with E-state index in [1.807, 2.05) is 0 Å². The first-order valence-electron chi connectivity index (χ1n) is 7.11. The van der Waals surface area contributed by atoms with Crippen molar-refractivity contribution in [2.24, 2.45) is 5.92 Å². The lowest BCUT2D eigenvalue weighted by molar-refractivity contribution is 0.216. The summed E-state index contributed by atoms with van der Waals surface area (Å²) in [6.45, 7) is 9.68. The van der Waals surface area contributed by atoms with Crippen molar-refractivity contribution in [3.63, 3.8) is 0 Å². The highest BCUT2D eigenvalue weighted by Crippen LogP contribution is 2.28. The highest BCUT2D eigenvalue weighted by Gasteiger charge is 2.15. The number of piperidine rings is 1. The Morgan fingerprint density at radius 3 is 2.89 bits per heavy atom. The molecule has 2 rings (SSSR count). The normalized spacial score (nSPS) is 20.1. The number of hydrogen-bond acceptors (Lipinski definition) is 2. The molecule has 1 atom stereocenters. The van der Waals surface area contributed by atoms with Crippen LogP contribution in [0, 0.1) is 12.8 Å². The summed E-state index contributed by atoms with van der Waals surface area (Å²) < 4.78 is 6.08. The number of nitrogens with one attached hydrogen (secondary N) is 1. The Labute approximate surface area is 111 Å². The second-order valence-electron chi connectivity index (χ2n) is 5.72. The monoisotopic (exact) mass is 247 g/mol. The van der Waals surface area contributed by atoms with Crippen LogP contribution in [0.1, 0.15) is 43.7 Å². The third-order valence-electron chi connectivity index (χ3n) is 3.66. The minimum absolute atomic E-state index is 0.519. The van der Waals surface area contributed by atoms with Gasteiger partial charge in [-0.05, 0) is 49.4 Å². The lowest BCUT2D eigenvalue weighted by Gasteiger charge is -2.24. The van der Waals surface area contributed by atoms with Gasteiger partial charge < -0.3 is 10.1 Å². The fourth-order valence-corrected chi connectivity index (χ4v) is 2.52. The summed E-state index contributed by atoms with van der Waals surface area (Å²) in [6, 6.07) is 6.55. The quantitative estimate of drug-likeness (QED) is 0.879. The van der Waals surface area contributed by atoms with E-state index >= 15 is 0 Å². The van der Waals surface area contributed by atoms with Gasteiger partial charge in [0.25, 0.3) is 0 Å². The standard InChI is InChI=1S/C16H25NO/c1-12(2)15-7-6-13(3)9-16(15)18-11-14-5-4-8-17-10-14/h6-7,9,12,14,17H,4-5,8,10-11H2,1-3H3/t14-/m0/s1. The van der Waals surface area contributed by atoms with E-state index in [0.717, 1.165) is 25.4 Å². The zero-order valence-corrected chi connectivity index (χ0v) is 11.8. The van der Waals surface area contributed by atoms with Crippen molar-refractivity contribution in [2.75, 3.05) is 19.7 Å². The van der Waals surface area contributed by atoms with Gasteiger partial charge in [-0.1, -0.05) is 26.0 Å². The second kappa shape index (κ2) is 6.24. The molecule has 2 heteroatoms. The molecule has 1 aliphatic heterocycles. The van der Waals surface area contributed by atoms with Crippen molar-refractivity contribution in [3.8, 4) is 5.75 Å². The predicted octanol–water partition coefficient (Wildman–Crippen LogP) is 3.50. The van der Waals surface area contributed by atoms with Crippen LogP contribution in [0.2, 0.25) is 0 Å². The molecule has 0 bridgehead atoms. The molecule has 0 radical (unpaired) electrons. The van der Waals surface area contributed by atoms with Crippen LogP contribution in [0.5, 0.6) is 5.75 Å². The third-order valence-corrected chi connectivity index (χ3v) is 3.66. The van der Waals surface area contributed by atoms with Crippen LogP contribution in [0.15, 0.2) is 18.2 Å². The van der Waals surface area contributed by atoms with Gasteiger partial charge in [0.15, 0.2) is 0 Å². The first-order chi connectivity index (χ1) is 8.66. The Morgan fingerprint density at radius 1 is 1.39 bits per heavy atom. The van der Waals surface area contributed by atoms with Crippen LogP contribution in [0.3, 0.4) is 0 Å². The largest absolute Gasteiger partial charge is 0.493 e. The van der Waals surface area contributed by atoms with Crippen LogP contribution in [0.25, 0.3) is 0 Å². The maximum atomic E-state index is 6.08. The van der Waals surface area contributed by atoms with E-state index in [0.29, 0.717) is 11.8 Å². The van der Waals surface area contributed by atoms with Crippen LogP contribution in [-0.4, -0.2) is 19.7 Å². The van der Waals surface area contributed by atoms with Crippen LogP contribution in [0.4, 0.5) is 0 Å². The molecule has 0 amide bonds. The van der Waals surface area contributed by atoms with E-state index in [4.69, 9.17) is 4.74 Å². The van der Waals surface area contributed by atoms with Gasteiger partial charge in [0, 0.05) is 12.5 Å². The Hall–Kier alpha value is -1.02. The van der Waals surface area contributed by atoms with Crippen molar-refractivity contribution >= 4 is 0 Å². The van der Waals surface area contributed by atoms with E-state index in [-0.39, 0.29) is 0 Å². The van der Waals surface area contributed by atoms with Crippen LogP contribution >= 0.6 is 0 Å². The highest BCUT2D eigenvalue weighted by atomic mass is 16.5. The molecule has 1 aromatic rings. The van der Waals surface area contributed by atoms with Crippen molar-refractivity contribution in [3.05, 3.63) is 29.3 Å². The topological polar surface area (TPSA) is 21.3 Å². The Balaban J connectivity index is 2.00. The van der Waals surface area contributed by atoms with E-state index in [9.17, 15) is 0 Å². The molecule has 0 aliphatic carbocycles. The fourth-order valence-electron chi connectivity index (χ4n) is 2.52. The number of hydrogen-bond donors (Lipinski definition) is 1. The summed E-state index contributed by atoms with van der Waals surface area (Å²) in [5.74, 6) is 2.26. The van der Waals surface area contributed by atoms with Crippen LogP contribution in [-0.2, 0) is 0 Å². The van der Waals surface area contributed by atoms with Gasteiger partial charge in [-0.25, -0.2) is 0 Å². The predicted molar refractivity (Wildman–Crippen MR) is 76.4 cm³/mol. The van der Waals surface area contributed by atoms with Crippen LogP contribution < -0.4 is 10.1 Å². The molecule has 18 heavy (non-hydrogen) atoms. The van der Waals surface area contributed by atoms with Crippen molar-refractivity contribution in [2.45, 2.75) is 39.5 Å². The summed E-state index contributed by atoms with van der Waals surface area (Å²) in [6.07, 6.45) is 2.56. The van der Waals surface area contributed by atoms with Gasteiger partial charge in [0.2, 0.25) is 0 Å².